The minimum atomic E-state index is -0.546. The number of rotatable bonds is 3. The summed E-state index contributed by atoms with van der Waals surface area (Å²) in [4.78, 5) is 12.0. The minimum absolute atomic E-state index is 0.00675. The highest BCUT2D eigenvalue weighted by Crippen LogP contribution is 2.40. The van der Waals surface area contributed by atoms with Crippen LogP contribution in [0.1, 0.15) is 58.4 Å². The molecule has 0 aromatic heterocycles. The van der Waals surface area contributed by atoms with Crippen LogP contribution in [0.15, 0.2) is 18.2 Å². The summed E-state index contributed by atoms with van der Waals surface area (Å²) < 4.78 is 5.30. The number of nitrogens with one attached hydrogen (secondary N) is 1. The zero-order valence-electron chi connectivity index (χ0n) is 14.2. The van der Waals surface area contributed by atoms with Gasteiger partial charge in [-0.2, -0.15) is 0 Å². The Balaban J connectivity index is 2.23. The molecule has 0 saturated heterocycles. The monoisotopic (exact) mass is 338 g/mol. The summed E-state index contributed by atoms with van der Waals surface area (Å²) in [5.74, 6) is 0. The molecule has 23 heavy (non-hydrogen) atoms. The maximum atomic E-state index is 12.0. The van der Waals surface area contributed by atoms with Gasteiger partial charge in [0.2, 0.25) is 0 Å². The molecule has 2 rings (SSSR count). The molecular weight excluding hydrogens is 312 g/mol. The smallest absolute Gasteiger partial charge is 0.412 e. The molecule has 1 fully saturated rings. The average molecular weight is 339 g/mol. The fraction of sp³-hybridized carbons (Fsp3) is 0.611. The normalized spacial score (nSPS) is 17.6. The number of halogens is 1. The molecule has 0 atom stereocenters. The van der Waals surface area contributed by atoms with E-state index in [0.717, 1.165) is 18.4 Å². The third-order valence-corrected chi connectivity index (χ3v) is 4.75. The number of amides is 1. The second kappa shape index (κ2) is 7.10. The Kier molecular flexibility index (Phi) is 5.58. The number of hydrogen-bond donors (Lipinski definition) is 2. The molecule has 1 aromatic rings. The highest BCUT2D eigenvalue weighted by Gasteiger charge is 2.33. The van der Waals surface area contributed by atoms with Crippen molar-refractivity contribution in [3.05, 3.63) is 28.8 Å². The first-order valence-electron chi connectivity index (χ1n) is 8.26. The summed E-state index contributed by atoms with van der Waals surface area (Å²) in [6.07, 6.45) is 5.30. The number of nitrogens with two attached hydrogens (primary N) is 1. The number of ether oxygens (including phenoxy) is 1. The van der Waals surface area contributed by atoms with Gasteiger partial charge in [-0.15, -0.1) is 0 Å². The van der Waals surface area contributed by atoms with Gasteiger partial charge in [-0.1, -0.05) is 36.9 Å². The van der Waals surface area contributed by atoms with E-state index in [-0.39, 0.29) is 5.41 Å². The summed E-state index contributed by atoms with van der Waals surface area (Å²) >= 11 is 6.24. The largest absolute Gasteiger partial charge is 0.444 e. The van der Waals surface area contributed by atoms with Gasteiger partial charge in [0.25, 0.3) is 0 Å². The quantitative estimate of drug-likeness (QED) is 0.828. The number of carbonyl (C=O) groups excluding carboxylic acids is 1. The SMILES string of the molecule is CC(C)(C)OC(=O)Nc1cc(C2(CN)CCCCC2)ccc1Cl. The van der Waals surface area contributed by atoms with Crippen molar-refractivity contribution in [1.29, 1.82) is 0 Å². The van der Waals surface area contributed by atoms with E-state index in [4.69, 9.17) is 22.1 Å². The first-order valence-corrected chi connectivity index (χ1v) is 8.64. The van der Waals surface area contributed by atoms with Crippen LogP contribution in [0, 0.1) is 0 Å². The third-order valence-electron chi connectivity index (χ3n) is 4.42. The maximum Gasteiger partial charge on any atom is 0.412 e. The van der Waals surface area contributed by atoms with E-state index in [1.807, 2.05) is 39.0 Å². The molecule has 0 radical (unpaired) electrons. The summed E-state index contributed by atoms with van der Waals surface area (Å²) in [5.41, 5.74) is 7.27. The van der Waals surface area contributed by atoms with Gasteiger partial charge in [-0.25, -0.2) is 4.79 Å². The number of benzene rings is 1. The van der Waals surface area contributed by atoms with Crippen LogP contribution in [0.3, 0.4) is 0 Å². The van der Waals surface area contributed by atoms with Gasteiger partial charge in [-0.05, 0) is 51.3 Å². The van der Waals surface area contributed by atoms with Crippen LogP contribution < -0.4 is 11.1 Å². The van der Waals surface area contributed by atoms with E-state index in [0.29, 0.717) is 17.3 Å². The Bertz CT molecular complexity index is 561. The lowest BCUT2D eigenvalue weighted by atomic mass is 9.69. The van der Waals surface area contributed by atoms with Crippen molar-refractivity contribution < 1.29 is 9.53 Å². The number of hydrogen-bond acceptors (Lipinski definition) is 3. The van der Waals surface area contributed by atoms with Crippen molar-refractivity contribution in [3.8, 4) is 0 Å². The Morgan fingerprint density at radius 3 is 2.52 bits per heavy atom. The van der Waals surface area contributed by atoms with E-state index in [1.54, 1.807) is 0 Å². The molecular formula is C18H27ClN2O2. The second-order valence-electron chi connectivity index (χ2n) is 7.37. The molecule has 4 nitrogen and oxygen atoms in total. The van der Waals surface area contributed by atoms with E-state index >= 15 is 0 Å². The fourth-order valence-electron chi connectivity index (χ4n) is 3.20. The van der Waals surface area contributed by atoms with Crippen molar-refractivity contribution in [2.45, 2.75) is 63.9 Å². The Morgan fingerprint density at radius 2 is 1.96 bits per heavy atom. The van der Waals surface area contributed by atoms with E-state index in [9.17, 15) is 4.79 Å². The van der Waals surface area contributed by atoms with Crippen molar-refractivity contribution in [2.75, 3.05) is 11.9 Å². The van der Waals surface area contributed by atoms with Gasteiger partial charge in [0.1, 0.15) is 5.60 Å². The van der Waals surface area contributed by atoms with E-state index in [1.165, 1.54) is 19.3 Å². The molecule has 0 spiro atoms. The number of carbonyl (C=O) groups is 1. The minimum Gasteiger partial charge on any atom is -0.444 e. The standard InChI is InChI=1S/C18H27ClN2O2/c1-17(2,3)23-16(22)21-15-11-13(7-8-14(15)19)18(12-20)9-5-4-6-10-18/h7-8,11H,4-6,9-10,12,20H2,1-3H3,(H,21,22). The zero-order valence-corrected chi connectivity index (χ0v) is 15.0. The van der Waals surface area contributed by atoms with Crippen molar-refractivity contribution in [3.63, 3.8) is 0 Å². The topological polar surface area (TPSA) is 64.3 Å². The average Bonchev–Trinajstić information content (AvgIpc) is 2.48. The van der Waals surface area contributed by atoms with Crippen LogP contribution in [0.2, 0.25) is 5.02 Å². The molecule has 1 amide bonds. The lowest BCUT2D eigenvalue weighted by Crippen LogP contribution is -2.37. The second-order valence-corrected chi connectivity index (χ2v) is 7.77. The first kappa shape index (κ1) is 18.1. The van der Waals surface area contributed by atoms with Crippen molar-refractivity contribution in [1.82, 2.24) is 0 Å². The zero-order chi connectivity index (χ0) is 17.1. The van der Waals surface area contributed by atoms with Crippen LogP contribution in [0.4, 0.5) is 10.5 Å². The van der Waals surface area contributed by atoms with E-state index in [2.05, 4.69) is 5.32 Å². The highest BCUT2D eigenvalue weighted by molar-refractivity contribution is 6.33. The fourth-order valence-corrected chi connectivity index (χ4v) is 3.37. The highest BCUT2D eigenvalue weighted by atomic mass is 35.5. The summed E-state index contributed by atoms with van der Waals surface area (Å²) in [7, 11) is 0. The molecule has 0 heterocycles. The molecule has 0 aliphatic heterocycles. The molecule has 0 bridgehead atoms. The maximum absolute atomic E-state index is 12.0. The molecule has 3 N–H and O–H groups in total. The van der Waals surface area contributed by atoms with Gasteiger partial charge in [-0.3, -0.25) is 5.32 Å². The first-order chi connectivity index (χ1) is 10.8. The van der Waals surface area contributed by atoms with Crippen LogP contribution in [0.25, 0.3) is 0 Å². The van der Waals surface area contributed by atoms with Crippen LogP contribution in [-0.4, -0.2) is 18.2 Å². The summed E-state index contributed by atoms with van der Waals surface area (Å²) in [5, 5.41) is 3.26. The molecule has 1 saturated carbocycles. The van der Waals surface area contributed by atoms with Gasteiger partial charge < -0.3 is 10.5 Å². The molecule has 0 unspecified atom stereocenters. The lowest BCUT2D eigenvalue weighted by Gasteiger charge is -2.37. The van der Waals surface area contributed by atoms with Gasteiger partial charge in [0, 0.05) is 12.0 Å². The van der Waals surface area contributed by atoms with Crippen molar-refractivity contribution >= 4 is 23.4 Å². The van der Waals surface area contributed by atoms with Crippen LogP contribution in [-0.2, 0) is 10.2 Å². The molecule has 1 aromatic carbocycles. The van der Waals surface area contributed by atoms with E-state index < -0.39 is 11.7 Å². The van der Waals surface area contributed by atoms with Crippen LogP contribution in [0.5, 0.6) is 0 Å². The van der Waals surface area contributed by atoms with Gasteiger partial charge in [0.05, 0.1) is 10.7 Å². The Morgan fingerprint density at radius 1 is 1.30 bits per heavy atom. The van der Waals surface area contributed by atoms with Gasteiger partial charge in [0.15, 0.2) is 0 Å². The summed E-state index contributed by atoms with van der Waals surface area (Å²) in [6, 6.07) is 5.81. The molecule has 128 valence electrons. The predicted molar refractivity (Wildman–Crippen MR) is 95.1 cm³/mol. The molecule has 1 aliphatic carbocycles. The lowest BCUT2D eigenvalue weighted by molar-refractivity contribution is 0.0636. The van der Waals surface area contributed by atoms with Crippen LogP contribution >= 0.6 is 11.6 Å². The predicted octanol–water partition coefficient (Wildman–Crippen LogP) is 4.85. The number of anilines is 1. The Hall–Kier alpha value is -1.26. The third kappa shape index (κ3) is 4.61. The van der Waals surface area contributed by atoms with Gasteiger partial charge >= 0.3 is 6.09 Å². The summed E-state index contributed by atoms with van der Waals surface area (Å²) in [6.45, 7) is 6.10. The molecule has 5 heteroatoms. The Labute approximate surface area is 143 Å². The molecule has 1 aliphatic rings. The van der Waals surface area contributed by atoms with Crippen molar-refractivity contribution in [2.24, 2.45) is 5.73 Å².